The number of fused-ring (bicyclic) bond motifs is 3. The molecule has 416 valence electrons. The molecular formula is C57H66ClF2N13O5S. The SMILES string of the molecule is Cc1ncsc1-c1ccc(CNC(=O)C2CCCN2C(=O)C(NC(=O)CCNCCOCCN(N)/C=C(\N)CNC(=O)c2ccc(Nc3ncc4c(n3)-c3ccc(Cl)cc3C(C3=C(F)C=CCC3F)=NC4)cc2)C(C)(C)C)cc1. The van der Waals surface area contributed by atoms with E-state index in [0.717, 1.165) is 21.7 Å². The lowest BCUT2D eigenvalue weighted by molar-refractivity contribution is -0.143. The molecule has 3 unspecified atom stereocenters. The summed E-state index contributed by atoms with van der Waals surface area (Å²) in [4.78, 5) is 74.4. The highest BCUT2D eigenvalue weighted by atomic mass is 35.5. The molecule has 3 aliphatic rings. The summed E-state index contributed by atoms with van der Waals surface area (Å²) in [6.45, 7) is 10.3. The van der Waals surface area contributed by atoms with E-state index in [-0.39, 0.29) is 73.4 Å². The number of aromatic nitrogens is 3. The first-order valence-corrected chi connectivity index (χ1v) is 27.4. The van der Waals surface area contributed by atoms with Crippen molar-refractivity contribution < 1.29 is 32.7 Å². The summed E-state index contributed by atoms with van der Waals surface area (Å²) in [5.74, 6) is 4.56. The molecule has 0 radical (unpaired) electrons. The molecule has 8 rings (SSSR count). The summed E-state index contributed by atoms with van der Waals surface area (Å²) in [6.07, 6.45) is 5.69. The van der Waals surface area contributed by atoms with Crippen molar-refractivity contribution in [3.8, 4) is 21.7 Å². The monoisotopic (exact) mass is 1120 g/mol. The molecule has 4 amide bonds. The van der Waals surface area contributed by atoms with Crippen LogP contribution in [0.4, 0.5) is 20.4 Å². The summed E-state index contributed by atoms with van der Waals surface area (Å²) in [7, 11) is 0. The number of nitrogens with one attached hydrogen (secondary N) is 5. The quantitative estimate of drug-likeness (QED) is 0.0204. The Hall–Kier alpha value is -7.43. The number of benzene rings is 3. The number of alkyl halides is 1. The molecule has 1 aliphatic carbocycles. The number of carbonyl (C=O) groups is 4. The second kappa shape index (κ2) is 26.5. The van der Waals surface area contributed by atoms with Gasteiger partial charge in [0.1, 0.15) is 24.1 Å². The van der Waals surface area contributed by atoms with Crippen molar-refractivity contribution in [2.45, 2.75) is 84.7 Å². The van der Waals surface area contributed by atoms with Crippen LogP contribution in [-0.2, 0) is 32.2 Å². The van der Waals surface area contributed by atoms with Crippen molar-refractivity contribution in [2.75, 3.05) is 51.3 Å². The number of anilines is 2. The van der Waals surface area contributed by atoms with Crippen molar-refractivity contribution in [1.29, 1.82) is 0 Å². The number of allylic oxidation sites excluding steroid dienone is 4. The largest absolute Gasteiger partial charge is 0.399 e. The topological polar surface area (TPSA) is 247 Å². The maximum atomic E-state index is 15.1. The zero-order valence-electron chi connectivity index (χ0n) is 44.6. The first kappa shape index (κ1) is 57.7. The summed E-state index contributed by atoms with van der Waals surface area (Å²) in [5, 5.41) is 16.8. The number of carbonyl (C=O) groups excluding carboxylic acids is 4. The number of nitrogens with two attached hydrogens (primary N) is 2. The fourth-order valence-corrected chi connectivity index (χ4v) is 10.3. The van der Waals surface area contributed by atoms with Crippen LogP contribution in [-0.4, -0.2) is 118 Å². The summed E-state index contributed by atoms with van der Waals surface area (Å²) < 4.78 is 35.8. The fraction of sp³-hybridized carbons (Fsp3) is 0.368. The van der Waals surface area contributed by atoms with Gasteiger partial charge in [-0.2, -0.15) is 0 Å². The lowest BCUT2D eigenvalue weighted by atomic mass is 9.85. The molecule has 2 aromatic heterocycles. The van der Waals surface area contributed by atoms with Gasteiger partial charge in [-0.15, -0.1) is 11.3 Å². The standard InChI is InChI=1S/C57H66ClF2N13O5S/c1-34-51(79-33-68-34)36-12-10-35(11-13-36)28-65-54(76)46-9-6-23-73(46)55(77)52(57(2,3)4)70-47(74)20-21-63-22-25-78-26-24-72(62)32-40(61)31-66-53(75)37-14-17-41(18-15-37)69-56-67-30-38-29-64-50(48-44(59)7-5-8-45(48)60)43-27-39(58)16-19-42(43)49(38)71-56/h5,7,10-19,27,30,32-33,45-46,52,63H,6,8-9,20-26,28-29,31,61-62H2,1-4H3,(H,65,76)(H,66,75)(H,70,74)(H,67,69,71)/b40-32-. The molecule has 79 heavy (non-hydrogen) atoms. The van der Waals surface area contributed by atoms with E-state index < -0.39 is 29.5 Å². The number of hydrazine groups is 1. The van der Waals surface area contributed by atoms with Gasteiger partial charge in [0.2, 0.25) is 23.7 Å². The van der Waals surface area contributed by atoms with Crippen molar-refractivity contribution >= 4 is 63.9 Å². The third kappa shape index (κ3) is 15.0. The Morgan fingerprint density at radius 2 is 1.80 bits per heavy atom. The Morgan fingerprint density at radius 3 is 2.53 bits per heavy atom. The zero-order valence-corrected chi connectivity index (χ0v) is 46.2. The van der Waals surface area contributed by atoms with Crippen LogP contribution in [0.3, 0.4) is 0 Å². The Morgan fingerprint density at radius 1 is 1.01 bits per heavy atom. The molecular weight excluding hydrogens is 1050 g/mol. The predicted octanol–water partition coefficient (Wildman–Crippen LogP) is 7.34. The van der Waals surface area contributed by atoms with Crippen LogP contribution >= 0.6 is 22.9 Å². The number of rotatable bonds is 22. The molecule has 9 N–H and O–H groups in total. The lowest BCUT2D eigenvalue weighted by Gasteiger charge is -2.35. The molecule has 18 nitrogen and oxygen atoms in total. The van der Waals surface area contributed by atoms with Crippen molar-refractivity contribution in [2.24, 2.45) is 22.0 Å². The van der Waals surface area contributed by atoms with Crippen LogP contribution < -0.4 is 38.2 Å². The Labute approximate surface area is 467 Å². The average molecular weight is 1120 g/mol. The smallest absolute Gasteiger partial charge is 0.251 e. The number of halogens is 3. The summed E-state index contributed by atoms with van der Waals surface area (Å²) >= 11 is 7.96. The highest BCUT2D eigenvalue weighted by molar-refractivity contribution is 7.13. The molecule has 3 atom stereocenters. The fourth-order valence-electron chi connectivity index (χ4n) is 9.32. The average Bonchev–Trinajstić information content (AvgIpc) is 4.14. The second-order valence-corrected chi connectivity index (χ2v) is 21.8. The number of aliphatic imine (C=N–C) groups is 1. The Kier molecular flexibility index (Phi) is 19.4. The van der Waals surface area contributed by atoms with Crippen LogP contribution in [0.5, 0.6) is 0 Å². The van der Waals surface area contributed by atoms with Gasteiger partial charge in [0.15, 0.2) is 0 Å². The number of ether oxygens (including phenoxy) is 1. The first-order valence-electron chi connectivity index (χ1n) is 26.1. The van der Waals surface area contributed by atoms with Crippen molar-refractivity contribution in [3.05, 3.63) is 147 Å². The number of likely N-dealkylation sites (tertiary alicyclic amines) is 1. The van der Waals surface area contributed by atoms with Gasteiger partial charge in [0.05, 0.1) is 60.3 Å². The number of hydrogen-bond acceptors (Lipinski definition) is 15. The lowest BCUT2D eigenvalue weighted by Crippen LogP contribution is -2.57. The second-order valence-electron chi connectivity index (χ2n) is 20.5. The number of nitrogens with zero attached hydrogens (tertiary/aromatic N) is 6. The molecule has 4 heterocycles. The van der Waals surface area contributed by atoms with Crippen LogP contribution in [0.25, 0.3) is 21.7 Å². The molecule has 22 heteroatoms. The van der Waals surface area contributed by atoms with E-state index in [4.69, 9.17) is 32.9 Å². The van der Waals surface area contributed by atoms with Crippen molar-refractivity contribution in [1.82, 2.24) is 46.1 Å². The maximum Gasteiger partial charge on any atom is 0.251 e. The van der Waals surface area contributed by atoms with E-state index in [9.17, 15) is 19.2 Å². The molecule has 0 bridgehead atoms. The maximum absolute atomic E-state index is 15.1. The summed E-state index contributed by atoms with van der Waals surface area (Å²) in [6, 6.07) is 18.3. The van der Waals surface area contributed by atoms with Crippen LogP contribution in [0.1, 0.15) is 79.2 Å². The third-order valence-corrected chi connectivity index (χ3v) is 14.7. The van der Waals surface area contributed by atoms with Gasteiger partial charge >= 0.3 is 0 Å². The Balaban J connectivity index is 0.711. The van der Waals surface area contributed by atoms with Crippen LogP contribution in [0, 0.1) is 12.3 Å². The van der Waals surface area contributed by atoms with Gasteiger partial charge < -0.3 is 47.0 Å². The molecule has 5 aromatic rings. The van der Waals surface area contributed by atoms with Gasteiger partial charge in [-0.05, 0) is 78.8 Å². The molecule has 1 fully saturated rings. The summed E-state index contributed by atoms with van der Waals surface area (Å²) in [5.41, 5.74) is 14.0. The minimum atomic E-state index is -1.56. The van der Waals surface area contributed by atoms with Gasteiger partial charge in [0.25, 0.3) is 5.91 Å². The van der Waals surface area contributed by atoms with Crippen molar-refractivity contribution in [3.63, 3.8) is 0 Å². The van der Waals surface area contributed by atoms with Gasteiger partial charge in [0, 0.05) is 95.7 Å². The minimum absolute atomic E-state index is 0.0325. The van der Waals surface area contributed by atoms with E-state index >= 15 is 8.78 Å². The number of thiazole rings is 1. The first-order chi connectivity index (χ1) is 37.9. The molecule has 3 aromatic carbocycles. The van der Waals surface area contributed by atoms with E-state index in [0.29, 0.717) is 96.5 Å². The molecule has 2 aliphatic heterocycles. The van der Waals surface area contributed by atoms with E-state index in [1.165, 1.54) is 23.4 Å². The third-order valence-electron chi connectivity index (χ3n) is 13.5. The minimum Gasteiger partial charge on any atom is -0.399 e. The highest BCUT2D eigenvalue weighted by Gasteiger charge is 2.42. The van der Waals surface area contributed by atoms with E-state index in [2.05, 4.69) is 41.5 Å². The molecule has 0 spiro atoms. The predicted molar refractivity (Wildman–Crippen MR) is 303 cm³/mol. The number of aryl methyl sites for hydroxylation is 1. The van der Waals surface area contributed by atoms with Gasteiger partial charge in [-0.3, -0.25) is 24.2 Å². The van der Waals surface area contributed by atoms with E-state index in [1.54, 1.807) is 64.9 Å². The van der Waals surface area contributed by atoms with Crippen LogP contribution in [0.15, 0.2) is 119 Å². The Bertz CT molecular complexity index is 3140. The molecule has 1 saturated heterocycles. The van der Waals surface area contributed by atoms with Crippen LogP contribution in [0.2, 0.25) is 5.02 Å². The highest BCUT2D eigenvalue weighted by Crippen LogP contribution is 2.37. The number of hydrogen-bond donors (Lipinski definition) is 7. The van der Waals surface area contributed by atoms with Gasteiger partial charge in [-0.25, -0.2) is 29.6 Å². The zero-order chi connectivity index (χ0) is 56.2. The number of amides is 4. The normalized spacial score (nSPS) is 16.6. The molecule has 0 saturated carbocycles. The van der Waals surface area contributed by atoms with E-state index in [1.807, 2.05) is 57.5 Å². The van der Waals surface area contributed by atoms with Gasteiger partial charge in [-0.1, -0.05) is 68.8 Å².